The Morgan fingerprint density at radius 1 is 1.16 bits per heavy atom. The molecule has 1 aliphatic carbocycles. The molecule has 0 aliphatic heterocycles. The summed E-state index contributed by atoms with van der Waals surface area (Å²) in [5.41, 5.74) is 0.458. The molecule has 1 aromatic rings. The molecule has 1 aromatic carbocycles. The van der Waals surface area contributed by atoms with Crippen LogP contribution in [0.15, 0.2) is 24.3 Å². The molecule has 2 rings (SSSR count). The van der Waals surface area contributed by atoms with Gasteiger partial charge in [0, 0.05) is 6.54 Å². The number of benzene rings is 1. The van der Waals surface area contributed by atoms with E-state index in [-0.39, 0.29) is 0 Å². The van der Waals surface area contributed by atoms with Gasteiger partial charge in [-0.3, -0.25) is 0 Å². The second-order valence-electron chi connectivity index (χ2n) is 5.33. The minimum Gasteiger partial charge on any atom is -0.319 e. The standard InChI is InChI=1S/C15H20F3N/c1-19-10-14(11-4-2-3-5-11)12-6-8-13(9-7-12)15(16,17)18/h6-9,11,14,19H,2-5,10H2,1H3. The Morgan fingerprint density at radius 3 is 2.21 bits per heavy atom. The summed E-state index contributed by atoms with van der Waals surface area (Å²) in [4.78, 5) is 0. The van der Waals surface area contributed by atoms with Crippen molar-refractivity contribution in [3.05, 3.63) is 35.4 Å². The summed E-state index contributed by atoms with van der Waals surface area (Å²) >= 11 is 0. The van der Waals surface area contributed by atoms with E-state index in [0.717, 1.165) is 12.1 Å². The molecule has 0 heterocycles. The summed E-state index contributed by atoms with van der Waals surface area (Å²) in [5.74, 6) is 0.930. The number of rotatable bonds is 4. The van der Waals surface area contributed by atoms with Gasteiger partial charge in [-0.2, -0.15) is 13.2 Å². The van der Waals surface area contributed by atoms with Gasteiger partial charge in [0.05, 0.1) is 5.56 Å². The van der Waals surface area contributed by atoms with Crippen LogP contribution < -0.4 is 5.32 Å². The van der Waals surface area contributed by atoms with Crippen LogP contribution in [-0.4, -0.2) is 13.6 Å². The third kappa shape index (κ3) is 3.50. The number of likely N-dealkylation sites (N-methyl/N-ethyl adjacent to an activating group) is 1. The molecule has 4 heteroatoms. The van der Waals surface area contributed by atoms with E-state index < -0.39 is 11.7 Å². The number of hydrogen-bond acceptors (Lipinski definition) is 1. The fourth-order valence-corrected chi connectivity index (χ4v) is 3.06. The average molecular weight is 271 g/mol. The Hall–Kier alpha value is -1.03. The fourth-order valence-electron chi connectivity index (χ4n) is 3.06. The average Bonchev–Trinajstić information content (AvgIpc) is 2.89. The normalized spacial score (nSPS) is 18.7. The lowest BCUT2D eigenvalue weighted by Crippen LogP contribution is -2.23. The lowest BCUT2D eigenvalue weighted by atomic mass is 9.84. The van der Waals surface area contributed by atoms with Crippen LogP contribution in [0.25, 0.3) is 0 Å². The van der Waals surface area contributed by atoms with Crippen molar-refractivity contribution in [3.63, 3.8) is 0 Å². The second kappa shape index (κ2) is 5.95. The molecule has 1 nitrogen and oxygen atoms in total. The van der Waals surface area contributed by atoms with Crippen molar-refractivity contribution in [1.82, 2.24) is 5.32 Å². The Balaban J connectivity index is 2.17. The molecule has 1 aliphatic rings. The number of nitrogens with one attached hydrogen (secondary N) is 1. The minimum absolute atomic E-state index is 0.329. The highest BCUT2D eigenvalue weighted by Crippen LogP contribution is 2.38. The van der Waals surface area contributed by atoms with Gasteiger partial charge in [0.2, 0.25) is 0 Å². The summed E-state index contributed by atoms with van der Waals surface area (Å²) in [6, 6.07) is 5.69. The third-order valence-electron chi connectivity index (χ3n) is 4.06. The van der Waals surface area contributed by atoms with Crippen LogP contribution >= 0.6 is 0 Å². The summed E-state index contributed by atoms with van der Waals surface area (Å²) < 4.78 is 37.7. The Bertz CT molecular complexity index is 391. The van der Waals surface area contributed by atoms with Gasteiger partial charge in [0.1, 0.15) is 0 Å². The van der Waals surface area contributed by atoms with Gasteiger partial charge >= 0.3 is 6.18 Å². The molecular weight excluding hydrogens is 251 g/mol. The summed E-state index contributed by atoms with van der Waals surface area (Å²) in [6.07, 6.45) is 0.613. The maximum atomic E-state index is 12.6. The maximum absolute atomic E-state index is 12.6. The molecule has 106 valence electrons. The fraction of sp³-hybridized carbons (Fsp3) is 0.600. The summed E-state index contributed by atoms with van der Waals surface area (Å²) in [7, 11) is 1.89. The zero-order chi connectivity index (χ0) is 13.9. The molecule has 1 saturated carbocycles. The minimum atomic E-state index is -4.25. The van der Waals surface area contributed by atoms with Crippen molar-refractivity contribution in [2.75, 3.05) is 13.6 Å². The molecule has 1 unspecified atom stereocenters. The van der Waals surface area contributed by atoms with Crippen LogP contribution in [0, 0.1) is 5.92 Å². The highest BCUT2D eigenvalue weighted by Gasteiger charge is 2.31. The number of halogens is 3. The van der Waals surface area contributed by atoms with Crippen molar-refractivity contribution in [2.45, 2.75) is 37.8 Å². The molecule has 0 amide bonds. The number of alkyl halides is 3. The van der Waals surface area contributed by atoms with E-state index in [1.807, 2.05) is 7.05 Å². The van der Waals surface area contributed by atoms with E-state index >= 15 is 0 Å². The number of hydrogen-bond donors (Lipinski definition) is 1. The van der Waals surface area contributed by atoms with Crippen LogP contribution in [0.2, 0.25) is 0 Å². The third-order valence-corrected chi connectivity index (χ3v) is 4.06. The van der Waals surface area contributed by atoms with Crippen molar-refractivity contribution < 1.29 is 13.2 Å². The summed E-state index contributed by atoms with van der Waals surface area (Å²) in [6.45, 7) is 0.829. The van der Waals surface area contributed by atoms with E-state index in [1.54, 1.807) is 12.1 Å². The van der Waals surface area contributed by atoms with Gasteiger partial charge < -0.3 is 5.32 Å². The predicted molar refractivity (Wildman–Crippen MR) is 70.1 cm³/mol. The Kier molecular flexibility index (Phi) is 4.50. The van der Waals surface area contributed by atoms with E-state index in [0.29, 0.717) is 11.8 Å². The molecule has 0 spiro atoms. The van der Waals surface area contributed by atoms with Crippen LogP contribution in [0.3, 0.4) is 0 Å². The maximum Gasteiger partial charge on any atom is 0.416 e. The van der Waals surface area contributed by atoms with Crippen LogP contribution in [0.5, 0.6) is 0 Å². The molecule has 0 radical (unpaired) electrons. The van der Waals surface area contributed by atoms with E-state index in [9.17, 15) is 13.2 Å². The smallest absolute Gasteiger partial charge is 0.319 e. The van der Waals surface area contributed by atoms with Crippen molar-refractivity contribution in [2.24, 2.45) is 5.92 Å². The lowest BCUT2D eigenvalue weighted by Gasteiger charge is -2.24. The van der Waals surface area contributed by atoms with Crippen LogP contribution in [0.1, 0.15) is 42.7 Å². The largest absolute Gasteiger partial charge is 0.416 e. The van der Waals surface area contributed by atoms with E-state index in [4.69, 9.17) is 0 Å². The molecule has 0 bridgehead atoms. The molecule has 0 saturated heterocycles. The molecule has 1 atom stereocenters. The first-order chi connectivity index (χ1) is 9.02. The molecule has 1 fully saturated rings. The first-order valence-corrected chi connectivity index (χ1v) is 6.84. The zero-order valence-electron chi connectivity index (χ0n) is 11.1. The monoisotopic (exact) mass is 271 g/mol. The van der Waals surface area contributed by atoms with Gasteiger partial charge in [-0.05, 0) is 49.4 Å². The van der Waals surface area contributed by atoms with E-state index in [1.165, 1.54) is 37.8 Å². The Labute approximate surface area is 112 Å². The highest BCUT2D eigenvalue weighted by molar-refractivity contribution is 5.28. The Morgan fingerprint density at radius 2 is 1.74 bits per heavy atom. The first-order valence-electron chi connectivity index (χ1n) is 6.84. The van der Waals surface area contributed by atoms with E-state index in [2.05, 4.69) is 5.32 Å². The van der Waals surface area contributed by atoms with Crippen molar-refractivity contribution in [1.29, 1.82) is 0 Å². The van der Waals surface area contributed by atoms with Crippen molar-refractivity contribution in [3.8, 4) is 0 Å². The van der Waals surface area contributed by atoms with Gasteiger partial charge in [-0.1, -0.05) is 25.0 Å². The summed E-state index contributed by atoms with van der Waals surface area (Å²) in [5, 5.41) is 3.17. The van der Waals surface area contributed by atoms with Gasteiger partial charge in [-0.15, -0.1) is 0 Å². The zero-order valence-corrected chi connectivity index (χ0v) is 11.1. The molecular formula is C15H20F3N. The molecule has 0 aromatic heterocycles. The first kappa shape index (κ1) is 14.4. The lowest BCUT2D eigenvalue weighted by molar-refractivity contribution is -0.137. The van der Waals surface area contributed by atoms with Crippen LogP contribution in [0.4, 0.5) is 13.2 Å². The van der Waals surface area contributed by atoms with Crippen molar-refractivity contribution >= 4 is 0 Å². The predicted octanol–water partition coefficient (Wildman–Crippen LogP) is 4.20. The molecule has 19 heavy (non-hydrogen) atoms. The second-order valence-corrected chi connectivity index (χ2v) is 5.33. The topological polar surface area (TPSA) is 12.0 Å². The SMILES string of the molecule is CNCC(c1ccc(C(F)(F)F)cc1)C1CCCC1. The van der Waals surface area contributed by atoms with Gasteiger partial charge in [0.15, 0.2) is 0 Å². The van der Waals surface area contributed by atoms with Gasteiger partial charge in [-0.25, -0.2) is 0 Å². The quantitative estimate of drug-likeness (QED) is 0.865. The van der Waals surface area contributed by atoms with Gasteiger partial charge in [0.25, 0.3) is 0 Å². The molecule has 1 N–H and O–H groups in total. The van der Waals surface area contributed by atoms with Crippen LogP contribution in [-0.2, 0) is 6.18 Å². The highest BCUT2D eigenvalue weighted by atomic mass is 19.4.